The number of fused-ring (bicyclic) bond motifs is 1. The van der Waals surface area contributed by atoms with E-state index in [-0.39, 0.29) is 5.91 Å². The van der Waals surface area contributed by atoms with Crippen molar-refractivity contribution in [3.05, 3.63) is 64.2 Å². The molecule has 2 aromatic carbocycles. The number of carbonyl (C=O) groups is 1. The van der Waals surface area contributed by atoms with Gasteiger partial charge in [0.15, 0.2) is 6.10 Å². The quantitative estimate of drug-likeness (QED) is 0.886. The van der Waals surface area contributed by atoms with Crippen LogP contribution in [0.3, 0.4) is 0 Å². The molecule has 0 aliphatic carbocycles. The monoisotopic (exact) mass is 330 g/mol. The molecule has 0 saturated heterocycles. The SMILES string of the molecule is CC(Oc1ccccc1Cl)C(=O)NCc1ccc2c(c1)CNC2. The van der Waals surface area contributed by atoms with E-state index in [4.69, 9.17) is 16.3 Å². The van der Waals surface area contributed by atoms with Crippen LogP contribution in [0.2, 0.25) is 5.02 Å². The van der Waals surface area contributed by atoms with E-state index >= 15 is 0 Å². The molecular weight excluding hydrogens is 312 g/mol. The first kappa shape index (κ1) is 15.8. The fourth-order valence-electron chi connectivity index (χ4n) is 2.58. The standard InChI is InChI=1S/C18H19ClN2O2/c1-12(23-17-5-3-2-4-16(17)19)18(22)21-9-13-6-7-14-10-20-11-15(14)8-13/h2-8,12,20H,9-11H2,1H3,(H,21,22). The van der Waals surface area contributed by atoms with Crippen molar-refractivity contribution in [2.45, 2.75) is 32.7 Å². The van der Waals surface area contributed by atoms with E-state index in [9.17, 15) is 4.79 Å². The normalized spacial score (nSPS) is 14.2. The molecule has 5 heteroatoms. The Morgan fingerprint density at radius 1 is 1.26 bits per heavy atom. The fourth-order valence-corrected chi connectivity index (χ4v) is 2.76. The molecule has 0 spiro atoms. The Labute approximate surface area is 140 Å². The molecule has 0 aromatic heterocycles. The van der Waals surface area contributed by atoms with Gasteiger partial charge in [0.05, 0.1) is 5.02 Å². The average Bonchev–Trinajstić information content (AvgIpc) is 3.02. The number of halogens is 1. The van der Waals surface area contributed by atoms with Gasteiger partial charge in [0, 0.05) is 19.6 Å². The van der Waals surface area contributed by atoms with Crippen molar-refractivity contribution in [3.63, 3.8) is 0 Å². The zero-order valence-corrected chi connectivity index (χ0v) is 13.7. The van der Waals surface area contributed by atoms with Gasteiger partial charge in [-0.25, -0.2) is 0 Å². The van der Waals surface area contributed by atoms with Crippen molar-refractivity contribution in [1.82, 2.24) is 10.6 Å². The smallest absolute Gasteiger partial charge is 0.261 e. The largest absolute Gasteiger partial charge is 0.479 e. The van der Waals surface area contributed by atoms with E-state index < -0.39 is 6.10 Å². The summed E-state index contributed by atoms with van der Waals surface area (Å²) in [6.45, 7) is 4.02. The molecular formula is C18H19ClN2O2. The Bertz CT molecular complexity index is 718. The summed E-state index contributed by atoms with van der Waals surface area (Å²) in [7, 11) is 0. The lowest BCUT2D eigenvalue weighted by atomic mass is 10.1. The van der Waals surface area contributed by atoms with Gasteiger partial charge >= 0.3 is 0 Å². The van der Waals surface area contributed by atoms with Crippen LogP contribution in [-0.2, 0) is 24.4 Å². The predicted octanol–water partition coefficient (Wildman–Crippen LogP) is 3.03. The molecule has 1 aliphatic heterocycles. The summed E-state index contributed by atoms with van der Waals surface area (Å²) >= 11 is 6.04. The van der Waals surface area contributed by atoms with Crippen LogP contribution in [0.5, 0.6) is 5.75 Å². The number of ether oxygens (including phenoxy) is 1. The summed E-state index contributed by atoms with van der Waals surface area (Å²) in [4.78, 5) is 12.2. The van der Waals surface area contributed by atoms with Crippen LogP contribution in [0.4, 0.5) is 0 Å². The maximum absolute atomic E-state index is 12.2. The molecule has 4 nitrogen and oxygen atoms in total. The number of amides is 1. The van der Waals surface area contributed by atoms with Gasteiger partial charge in [-0.15, -0.1) is 0 Å². The van der Waals surface area contributed by atoms with E-state index in [0.717, 1.165) is 18.7 Å². The van der Waals surface area contributed by atoms with Crippen LogP contribution in [0.1, 0.15) is 23.6 Å². The fraction of sp³-hybridized carbons (Fsp3) is 0.278. The first-order valence-electron chi connectivity index (χ1n) is 7.64. The summed E-state index contributed by atoms with van der Waals surface area (Å²) < 4.78 is 5.62. The molecule has 23 heavy (non-hydrogen) atoms. The van der Waals surface area contributed by atoms with Crippen LogP contribution in [-0.4, -0.2) is 12.0 Å². The van der Waals surface area contributed by atoms with E-state index in [0.29, 0.717) is 17.3 Å². The predicted molar refractivity (Wildman–Crippen MR) is 90.4 cm³/mol. The third kappa shape index (κ3) is 3.84. The molecule has 1 atom stereocenters. The molecule has 0 saturated carbocycles. The molecule has 2 aromatic rings. The average molecular weight is 331 g/mol. The van der Waals surface area contributed by atoms with Crippen LogP contribution in [0.15, 0.2) is 42.5 Å². The maximum Gasteiger partial charge on any atom is 0.261 e. The van der Waals surface area contributed by atoms with Gasteiger partial charge in [-0.2, -0.15) is 0 Å². The lowest BCUT2D eigenvalue weighted by molar-refractivity contribution is -0.127. The highest BCUT2D eigenvalue weighted by atomic mass is 35.5. The van der Waals surface area contributed by atoms with Crippen LogP contribution in [0.25, 0.3) is 0 Å². The molecule has 2 N–H and O–H groups in total. The summed E-state index contributed by atoms with van der Waals surface area (Å²) in [5, 5.41) is 6.71. The van der Waals surface area contributed by atoms with Gasteiger partial charge in [-0.05, 0) is 35.7 Å². The van der Waals surface area contributed by atoms with Gasteiger partial charge < -0.3 is 15.4 Å². The number of hydrogen-bond acceptors (Lipinski definition) is 3. The molecule has 1 amide bonds. The van der Waals surface area contributed by atoms with Crippen molar-refractivity contribution >= 4 is 17.5 Å². The van der Waals surface area contributed by atoms with Crippen molar-refractivity contribution < 1.29 is 9.53 Å². The van der Waals surface area contributed by atoms with Crippen molar-refractivity contribution in [1.29, 1.82) is 0 Å². The number of rotatable bonds is 5. The highest BCUT2D eigenvalue weighted by molar-refractivity contribution is 6.32. The van der Waals surface area contributed by atoms with Gasteiger partial charge in [0.1, 0.15) is 5.75 Å². The third-order valence-corrected chi connectivity index (χ3v) is 4.19. The minimum absolute atomic E-state index is 0.163. The molecule has 3 rings (SSSR count). The highest BCUT2D eigenvalue weighted by Gasteiger charge is 2.16. The van der Waals surface area contributed by atoms with E-state index in [1.54, 1.807) is 19.1 Å². The minimum atomic E-state index is -0.606. The zero-order chi connectivity index (χ0) is 16.2. The lowest BCUT2D eigenvalue weighted by Gasteiger charge is -2.15. The second-order valence-corrected chi connectivity index (χ2v) is 6.02. The maximum atomic E-state index is 12.2. The van der Waals surface area contributed by atoms with Crippen molar-refractivity contribution in [3.8, 4) is 5.75 Å². The summed E-state index contributed by atoms with van der Waals surface area (Å²) in [5.41, 5.74) is 3.72. The first-order chi connectivity index (χ1) is 11.1. The Morgan fingerprint density at radius 2 is 2.04 bits per heavy atom. The van der Waals surface area contributed by atoms with Gasteiger partial charge in [-0.1, -0.05) is 41.9 Å². The molecule has 1 heterocycles. The molecule has 120 valence electrons. The summed E-state index contributed by atoms with van der Waals surface area (Å²) in [6.07, 6.45) is -0.606. The number of carbonyl (C=O) groups excluding carboxylic acids is 1. The highest BCUT2D eigenvalue weighted by Crippen LogP contribution is 2.24. The minimum Gasteiger partial charge on any atom is -0.479 e. The Kier molecular flexibility index (Phi) is 4.84. The molecule has 0 bridgehead atoms. The second kappa shape index (κ2) is 7.02. The summed E-state index contributed by atoms with van der Waals surface area (Å²) in [6, 6.07) is 13.4. The molecule has 1 aliphatic rings. The molecule has 0 fully saturated rings. The number of benzene rings is 2. The van der Waals surface area contributed by atoms with Crippen LogP contribution in [0, 0.1) is 0 Å². The summed E-state index contributed by atoms with van der Waals surface area (Å²) in [5.74, 6) is 0.351. The molecule has 0 radical (unpaired) electrons. The van der Waals surface area contributed by atoms with Crippen LogP contribution >= 0.6 is 11.6 Å². The zero-order valence-electron chi connectivity index (χ0n) is 12.9. The van der Waals surface area contributed by atoms with Gasteiger partial charge in [0.25, 0.3) is 5.91 Å². The van der Waals surface area contributed by atoms with Crippen LogP contribution < -0.4 is 15.4 Å². The topological polar surface area (TPSA) is 50.4 Å². The second-order valence-electron chi connectivity index (χ2n) is 5.61. The Balaban J connectivity index is 1.55. The number of para-hydroxylation sites is 1. The van der Waals surface area contributed by atoms with Crippen molar-refractivity contribution in [2.75, 3.05) is 0 Å². The number of hydrogen-bond donors (Lipinski definition) is 2. The van der Waals surface area contributed by atoms with Gasteiger partial charge in [0.2, 0.25) is 0 Å². The van der Waals surface area contributed by atoms with E-state index in [1.807, 2.05) is 18.2 Å². The lowest BCUT2D eigenvalue weighted by Crippen LogP contribution is -2.36. The van der Waals surface area contributed by atoms with E-state index in [2.05, 4.69) is 22.8 Å². The van der Waals surface area contributed by atoms with E-state index in [1.165, 1.54) is 11.1 Å². The molecule has 1 unspecified atom stereocenters. The Hall–Kier alpha value is -2.04. The van der Waals surface area contributed by atoms with Gasteiger partial charge in [-0.3, -0.25) is 4.79 Å². The van der Waals surface area contributed by atoms with Crippen molar-refractivity contribution in [2.24, 2.45) is 0 Å². The third-order valence-electron chi connectivity index (χ3n) is 3.88. The first-order valence-corrected chi connectivity index (χ1v) is 8.01. The Morgan fingerprint density at radius 3 is 2.87 bits per heavy atom. The number of nitrogens with one attached hydrogen (secondary N) is 2.